The topological polar surface area (TPSA) is 89.7 Å². The lowest BCUT2D eigenvalue weighted by molar-refractivity contribution is 0.0997. The van der Waals surface area contributed by atoms with Gasteiger partial charge in [-0.15, -0.1) is 0 Å². The Morgan fingerprint density at radius 2 is 2.06 bits per heavy atom. The molecule has 1 aliphatic heterocycles. The molecular formula is C23H22N4O3S. The lowest BCUT2D eigenvalue weighted by Gasteiger charge is -2.21. The minimum atomic E-state index is -0.568. The van der Waals surface area contributed by atoms with Gasteiger partial charge in [0, 0.05) is 35.9 Å². The summed E-state index contributed by atoms with van der Waals surface area (Å²) >= 11 is 5.58. The molecule has 1 amide bonds. The summed E-state index contributed by atoms with van der Waals surface area (Å²) in [5, 5.41) is 4.89. The molecule has 1 aliphatic carbocycles. The van der Waals surface area contributed by atoms with Gasteiger partial charge in [-0.3, -0.25) is 9.78 Å². The molecule has 8 heteroatoms. The van der Waals surface area contributed by atoms with Crippen LogP contribution in [-0.4, -0.2) is 35.7 Å². The van der Waals surface area contributed by atoms with Gasteiger partial charge in [0.1, 0.15) is 17.2 Å². The Labute approximate surface area is 185 Å². The first-order chi connectivity index (χ1) is 15.0. The minimum absolute atomic E-state index is 0.286. The van der Waals surface area contributed by atoms with Crippen LogP contribution in [0.5, 0.6) is 17.2 Å². The zero-order valence-corrected chi connectivity index (χ0v) is 17.9. The number of hydrogen-bond donors (Lipinski definition) is 2. The van der Waals surface area contributed by atoms with Crippen molar-refractivity contribution in [2.24, 2.45) is 5.73 Å². The van der Waals surface area contributed by atoms with Crippen molar-refractivity contribution in [3.05, 3.63) is 53.7 Å². The molecule has 2 heterocycles. The van der Waals surface area contributed by atoms with E-state index in [1.807, 2.05) is 18.2 Å². The third kappa shape index (κ3) is 3.74. The fourth-order valence-electron chi connectivity index (χ4n) is 3.86. The maximum atomic E-state index is 11.8. The van der Waals surface area contributed by atoms with Crippen molar-refractivity contribution >= 4 is 39.8 Å². The van der Waals surface area contributed by atoms with E-state index in [1.54, 1.807) is 24.4 Å². The Hall–Kier alpha value is -3.39. The number of amides is 1. The minimum Gasteiger partial charge on any atom is -0.496 e. The Morgan fingerprint density at radius 3 is 2.81 bits per heavy atom. The molecule has 3 aromatic rings. The van der Waals surface area contributed by atoms with Crippen molar-refractivity contribution in [3.8, 4) is 17.2 Å². The molecular weight excluding hydrogens is 412 g/mol. The SMILES string of the molecule is COc1cc2nccc(Oc3ccc4c(c3)CCN4C(=S)NC3CC3)c2cc1C(N)=O. The predicted molar refractivity (Wildman–Crippen MR) is 123 cm³/mol. The number of carbonyl (C=O) groups excluding carboxylic acids is 1. The number of hydrogen-bond acceptors (Lipinski definition) is 5. The van der Waals surface area contributed by atoms with Crippen LogP contribution in [0.1, 0.15) is 28.8 Å². The number of methoxy groups -OCH3 is 1. The van der Waals surface area contributed by atoms with Crippen LogP contribution in [0.3, 0.4) is 0 Å². The number of primary amides is 1. The first-order valence-corrected chi connectivity index (χ1v) is 10.6. The normalized spacial score (nSPS) is 14.9. The highest BCUT2D eigenvalue weighted by Crippen LogP contribution is 2.36. The summed E-state index contributed by atoms with van der Waals surface area (Å²) < 4.78 is 11.5. The van der Waals surface area contributed by atoms with Gasteiger partial charge in [-0.2, -0.15) is 0 Å². The molecule has 7 nitrogen and oxygen atoms in total. The lowest BCUT2D eigenvalue weighted by atomic mass is 10.1. The summed E-state index contributed by atoms with van der Waals surface area (Å²) in [5.41, 5.74) is 8.76. The highest BCUT2D eigenvalue weighted by Gasteiger charge is 2.28. The largest absolute Gasteiger partial charge is 0.496 e. The van der Waals surface area contributed by atoms with Crippen LogP contribution in [-0.2, 0) is 6.42 Å². The van der Waals surface area contributed by atoms with Gasteiger partial charge >= 0.3 is 0 Å². The van der Waals surface area contributed by atoms with E-state index in [2.05, 4.69) is 15.2 Å². The molecule has 158 valence electrons. The Bertz CT molecular complexity index is 1210. The second-order valence-corrected chi connectivity index (χ2v) is 8.15. The van der Waals surface area contributed by atoms with E-state index >= 15 is 0 Å². The van der Waals surface area contributed by atoms with E-state index in [4.69, 9.17) is 27.4 Å². The van der Waals surface area contributed by atoms with Crippen molar-refractivity contribution in [3.63, 3.8) is 0 Å². The second-order valence-electron chi connectivity index (χ2n) is 7.76. The Morgan fingerprint density at radius 1 is 1.23 bits per heavy atom. The van der Waals surface area contributed by atoms with Gasteiger partial charge in [-0.05, 0) is 67.4 Å². The Kier molecular flexibility index (Phi) is 4.86. The van der Waals surface area contributed by atoms with E-state index in [0.29, 0.717) is 34.2 Å². The zero-order valence-electron chi connectivity index (χ0n) is 17.1. The first-order valence-electron chi connectivity index (χ1n) is 10.2. The van der Waals surface area contributed by atoms with E-state index < -0.39 is 5.91 Å². The molecule has 0 spiro atoms. The summed E-state index contributed by atoms with van der Waals surface area (Å²) in [6, 6.07) is 11.7. The van der Waals surface area contributed by atoms with Crippen molar-refractivity contribution < 1.29 is 14.3 Å². The van der Waals surface area contributed by atoms with Crippen LogP contribution in [0, 0.1) is 0 Å². The number of nitrogens with two attached hydrogens (primary N) is 1. The van der Waals surface area contributed by atoms with Crippen LogP contribution < -0.4 is 25.4 Å². The number of anilines is 1. The van der Waals surface area contributed by atoms with Gasteiger partial charge in [0.05, 0.1) is 18.2 Å². The number of benzene rings is 2. The van der Waals surface area contributed by atoms with Gasteiger partial charge in [-0.25, -0.2) is 0 Å². The van der Waals surface area contributed by atoms with Crippen LogP contribution in [0.25, 0.3) is 10.9 Å². The first kappa shape index (κ1) is 19.6. The molecule has 0 bridgehead atoms. The third-order valence-electron chi connectivity index (χ3n) is 5.61. The number of aromatic nitrogens is 1. The quantitative estimate of drug-likeness (QED) is 0.594. The highest BCUT2D eigenvalue weighted by molar-refractivity contribution is 7.80. The molecule has 1 fully saturated rings. The molecule has 1 aromatic heterocycles. The molecule has 2 aromatic carbocycles. The number of carbonyl (C=O) groups is 1. The zero-order chi connectivity index (χ0) is 21.5. The van der Waals surface area contributed by atoms with E-state index in [0.717, 1.165) is 23.8 Å². The third-order valence-corrected chi connectivity index (χ3v) is 5.95. The maximum absolute atomic E-state index is 11.8. The number of nitrogens with zero attached hydrogens (tertiary/aromatic N) is 2. The van der Waals surface area contributed by atoms with Crippen LogP contribution in [0.4, 0.5) is 5.69 Å². The smallest absolute Gasteiger partial charge is 0.252 e. The number of thiocarbonyl (C=S) groups is 1. The van der Waals surface area contributed by atoms with E-state index in [-0.39, 0.29) is 5.56 Å². The average molecular weight is 435 g/mol. The van der Waals surface area contributed by atoms with Crippen LogP contribution in [0.15, 0.2) is 42.6 Å². The summed E-state index contributed by atoms with van der Waals surface area (Å²) in [6.07, 6.45) is 4.95. The molecule has 2 aliphatic rings. The molecule has 31 heavy (non-hydrogen) atoms. The molecule has 0 radical (unpaired) electrons. The summed E-state index contributed by atoms with van der Waals surface area (Å²) in [7, 11) is 1.49. The van der Waals surface area contributed by atoms with Gasteiger partial charge < -0.3 is 25.4 Å². The standard InChI is InChI=1S/C23H22N4O3S/c1-29-21-12-18-16(11-17(21)22(24)28)20(6-8-25-18)30-15-4-5-19-13(10-15)7-9-27(19)23(31)26-14-2-3-14/h4-6,8,10-12,14H,2-3,7,9H2,1H3,(H2,24,28)(H,26,31). The monoisotopic (exact) mass is 434 g/mol. The van der Waals surface area contributed by atoms with Crippen molar-refractivity contribution in [2.45, 2.75) is 25.3 Å². The molecule has 0 unspecified atom stereocenters. The fraction of sp³-hybridized carbons (Fsp3) is 0.261. The van der Waals surface area contributed by atoms with Gasteiger partial charge in [0.25, 0.3) is 5.91 Å². The van der Waals surface area contributed by atoms with Crippen LogP contribution in [0.2, 0.25) is 0 Å². The van der Waals surface area contributed by atoms with Gasteiger partial charge in [0.15, 0.2) is 5.11 Å². The van der Waals surface area contributed by atoms with E-state index in [9.17, 15) is 4.79 Å². The van der Waals surface area contributed by atoms with Gasteiger partial charge in [0.2, 0.25) is 0 Å². The highest BCUT2D eigenvalue weighted by atomic mass is 32.1. The number of nitrogens with one attached hydrogen (secondary N) is 1. The van der Waals surface area contributed by atoms with Crippen molar-refractivity contribution in [2.75, 3.05) is 18.6 Å². The molecule has 1 saturated carbocycles. The summed E-state index contributed by atoms with van der Waals surface area (Å²) in [6.45, 7) is 0.858. The predicted octanol–water partition coefficient (Wildman–Crippen LogP) is 3.53. The lowest BCUT2D eigenvalue weighted by Crippen LogP contribution is -2.39. The fourth-order valence-corrected chi connectivity index (χ4v) is 4.21. The van der Waals surface area contributed by atoms with Crippen molar-refractivity contribution in [1.82, 2.24) is 10.3 Å². The molecule has 0 saturated heterocycles. The number of ether oxygens (including phenoxy) is 2. The summed E-state index contributed by atoms with van der Waals surface area (Å²) in [5.74, 6) is 1.13. The molecule has 0 atom stereocenters. The molecule has 5 rings (SSSR count). The number of pyridine rings is 1. The van der Waals surface area contributed by atoms with Crippen LogP contribution >= 0.6 is 12.2 Å². The van der Waals surface area contributed by atoms with Crippen molar-refractivity contribution in [1.29, 1.82) is 0 Å². The number of rotatable bonds is 5. The maximum Gasteiger partial charge on any atom is 0.252 e. The average Bonchev–Trinajstić information content (AvgIpc) is 3.48. The second kappa shape index (κ2) is 7.70. The summed E-state index contributed by atoms with van der Waals surface area (Å²) in [4.78, 5) is 18.4. The van der Waals surface area contributed by atoms with Gasteiger partial charge in [-0.1, -0.05) is 0 Å². The molecule has 3 N–H and O–H groups in total. The van der Waals surface area contributed by atoms with E-state index in [1.165, 1.54) is 25.5 Å². The Balaban J connectivity index is 1.44. The number of fused-ring (bicyclic) bond motifs is 2.